The summed E-state index contributed by atoms with van der Waals surface area (Å²) in [6, 6.07) is 9.39. The molecule has 0 amide bonds. The zero-order chi connectivity index (χ0) is 18.0. The molecular formula is C17H19BrN4O3S. The zero-order valence-electron chi connectivity index (χ0n) is 14.6. The van der Waals surface area contributed by atoms with Crippen molar-refractivity contribution in [2.24, 2.45) is 7.05 Å². The van der Waals surface area contributed by atoms with Crippen molar-refractivity contribution in [1.82, 2.24) is 14.3 Å². The lowest BCUT2D eigenvalue weighted by molar-refractivity contribution is 0.0520. The van der Waals surface area contributed by atoms with Gasteiger partial charge in [0.25, 0.3) is 5.56 Å². The quantitative estimate of drug-likeness (QED) is 0.617. The highest BCUT2D eigenvalue weighted by Gasteiger charge is 2.18. The lowest BCUT2D eigenvalue weighted by Gasteiger charge is -2.07. The van der Waals surface area contributed by atoms with Gasteiger partial charge in [0.1, 0.15) is 5.69 Å². The van der Waals surface area contributed by atoms with E-state index in [0.717, 1.165) is 11.4 Å². The Morgan fingerprint density at radius 1 is 1.31 bits per heavy atom. The van der Waals surface area contributed by atoms with Gasteiger partial charge < -0.3 is 10.1 Å². The molecular weight excluding hydrogens is 420 g/mol. The van der Waals surface area contributed by atoms with Gasteiger partial charge in [-0.15, -0.1) is 28.3 Å². The van der Waals surface area contributed by atoms with E-state index in [1.54, 1.807) is 21.7 Å². The van der Waals surface area contributed by atoms with Crippen molar-refractivity contribution < 1.29 is 9.53 Å². The number of rotatable bonds is 5. The van der Waals surface area contributed by atoms with E-state index >= 15 is 0 Å². The van der Waals surface area contributed by atoms with E-state index in [4.69, 9.17) is 4.74 Å². The molecule has 7 nitrogen and oxygen atoms in total. The van der Waals surface area contributed by atoms with Crippen molar-refractivity contribution >= 4 is 45.1 Å². The summed E-state index contributed by atoms with van der Waals surface area (Å²) < 4.78 is 8.29. The van der Waals surface area contributed by atoms with Crippen LogP contribution in [0.5, 0.6) is 0 Å². The second-order valence-electron chi connectivity index (χ2n) is 5.32. The molecule has 0 aliphatic heterocycles. The molecule has 9 heteroatoms. The molecule has 0 saturated heterocycles. The van der Waals surface area contributed by atoms with Gasteiger partial charge in [-0.25, -0.2) is 14.5 Å². The number of halogens is 1. The van der Waals surface area contributed by atoms with Crippen LogP contribution in [0.4, 0.5) is 10.8 Å². The van der Waals surface area contributed by atoms with Crippen molar-refractivity contribution in [3.8, 4) is 5.69 Å². The Balaban J connectivity index is 0.00000243. The number of aromatic nitrogens is 3. The molecule has 3 aromatic rings. The van der Waals surface area contributed by atoms with Gasteiger partial charge >= 0.3 is 5.97 Å². The maximum atomic E-state index is 12.8. The molecule has 2 aromatic heterocycles. The van der Waals surface area contributed by atoms with Crippen molar-refractivity contribution in [3.05, 3.63) is 57.5 Å². The van der Waals surface area contributed by atoms with Crippen LogP contribution in [0, 0.1) is 6.92 Å². The van der Waals surface area contributed by atoms with Crippen molar-refractivity contribution in [3.63, 3.8) is 0 Å². The smallest absolute Gasteiger partial charge is 0.357 e. The van der Waals surface area contributed by atoms with Gasteiger partial charge in [-0.2, -0.15) is 0 Å². The third-order valence-corrected chi connectivity index (χ3v) is 4.53. The lowest BCUT2D eigenvalue weighted by atomic mass is 10.3. The maximum absolute atomic E-state index is 12.8. The largest absolute Gasteiger partial charge is 0.461 e. The van der Waals surface area contributed by atoms with Gasteiger partial charge in [0.15, 0.2) is 10.8 Å². The van der Waals surface area contributed by atoms with Crippen molar-refractivity contribution in [1.29, 1.82) is 0 Å². The molecule has 0 unspecified atom stereocenters. The first-order chi connectivity index (χ1) is 12.0. The number of carbonyl (C=O) groups excluding carboxylic acids is 1. The van der Waals surface area contributed by atoms with Crippen LogP contribution in [0.1, 0.15) is 23.1 Å². The number of benzene rings is 1. The first-order valence-electron chi connectivity index (χ1n) is 7.76. The topological polar surface area (TPSA) is 78.1 Å². The zero-order valence-corrected chi connectivity index (χ0v) is 17.1. The minimum atomic E-state index is -0.474. The van der Waals surface area contributed by atoms with Gasteiger partial charge in [-0.05, 0) is 26.0 Å². The predicted octanol–water partition coefficient (Wildman–Crippen LogP) is 3.44. The molecule has 0 spiro atoms. The highest BCUT2D eigenvalue weighted by Crippen LogP contribution is 2.22. The van der Waals surface area contributed by atoms with Crippen LogP contribution in [-0.4, -0.2) is 26.9 Å². The Bertz CT molecular complexity index is 962. The number of nitrogens with one attached hydrogen (secondary N) is 1. The summed E-state index contributed by atoms with van der Waals surface area (Å²) in [7, 11) is 1.82. The molecule has 2 heterocycles. The Kier molecular flexibility index (Phi) is 6.38. The Labute approximate surface area is 165 Å². The fourth-order valence-electron chi connectivity index (χ4n) is 2.45. The summed E-state index contributed by atoms with van der Waals surface area (Å²) in [5, 5.41) is 5.11. The van der Waals surface area contributed by atoms with E-state index in [1.165, 1.54) is 11.3 Å². The van der Waals surface area contributed by atoms with E-state index in [1.807, 2.05) is 44.3 Å². The van der Waals surface area contributed by atoms with Crippen LogP contribution >= 0.6 is 28.3 Å². The molecule has 138 valence electrons. The van der Waals surface area contributed by atoms with Crippen LogP contribution in [0.3, 0.4) is 0 Å². The molecule has 0 radical (unpaired) electrons. The number of carbonyl (C=O) groups is 1. The van der Waals surface area contributed by atoms with E-state index in [-0.39, 0.29) is 28.2 Å². The normalized spacial score (nSPS) is 10.3. The summed E-state index contributed by atoms with van der Waals surface area (Å²) in [6.07, 6.45) is 0. The molecule has 0 bridgehead atoms. The number of nitrogens with zero attached hydrogens (tertiary/aromatic N) is 3. The van der Waals surface area contributed by atoms with Gasteiger partial charge in [0, 0.05) is 12.4 Å². The molecule has 1 aromatic carbocycles. The summed E-state index contributed by atoms with van der Waals surface area (Å²) in [4.78, 5) is 28.7. The van der Waals surface area contributed by atoms with E-state index in [9.17, 15) is 9.59 Å². The van der Waals surface area contributed by atoms with Crippen LogP contribution in [0.25, 0.3) is 5.69 Å². The summed E-state index contributed by atoms with van der Waals surface area (Å²) >= 11 is 1.25. The number of thiazole rings is 1. The third kappa shape index (κ3) is 3.73. The summed E-state index contributed by atoms with van der Waals surface area (Å²) in [5.41, 5.74) is 2.01. The molecule has 0 saturated carbocycles. The summed E-state index contributed by atoms with van der Waals surface area (Å²) in [5.74, 6) is -0.474. The van der Waals surface area contributed by atoms with E-state index < -0.39 is 5.97 Å². The highest BCUT2D eigenvalue weighted by atomic mass is 79.9. The molecule has 0 aliphatic carbocycles. The lowest BCUT2D eigenvalue weighted by Crippen LogP contribution is -2.20. The van der Waals surface area contributed by atoms with E-state index in [0.29, 0.717) is 17.4 Å². The number of hydrogen-bond donors (Lipinski definition) is 1. The number of anilines is 2. The fraction of sp³-hybridized carbons (Fsp3) is 0.235. The highest BCUT2D eigenvalue weighted by molar-refractivity contribution is 8.93. The second kappa shape index (κ2) is 8.33. The number of ether oxygens (including phenoxy) is 1. The minimum Gasteiger partial charge on any atom is -0.461 e. The van der Waals surface area contributed by atoms with Crippen LogP contribution in [0.15, 0.2) is 40.5 Å². The number of hydrogen-bond acceptors (Lipinski definition) is 6. The average Bonchev–Trinajstić information content (AvgIpc) is 3.16. The Morgan fingerprint density at radius 3 is 2.65 bits per heavy atom. The second-order valence-corrected chi connectivity index (χ2v) is 6.18. The van der Waals surface area contributed by atoms with Gasteiger partial charge in [-0.1, -0.05) is 18.2 Å². The molecule has 26 heavy (non-hydrogen) atoms. The molecule has 0 atom stereocenters. The number of esters is 1. The first kappa shape index (κ1) is 19.9. The van der Waals surface area contributed by atoms with Gasteiger partial charge in [-0.3, -0.25) is 9.48 Å². The average molecular weight is 439 g/mol. The molecule has 3 rings (SSSR count). The van der Waals surface area contributed by atoms with Crippen LogP contribution < -0.4 is 10.9 Å². The monoisotopic (exact) mass is 438 g/mol. The SMILES string of the molecule is Br.CCOC(=O)c1csc(Nc2c(C)n(C)n(-c3ccccc3)c2=O)n1. The molecule has 0 aliphatic rings. The van der Waals surface area contributed by atoms with Crippen LogP contribution in [0.2, 0.25) is 0 Å². The maximum Gasteiger partial charge on any atom is 0.357 e. The summed E-state index contributed by atoms with van der Waals surface area (Å²) in [6.45, 7) is 3.88. The standard InChI is InChI=1S/C17H18N4O3S.BrH/c1-4-24-16(23)13-10-25-17(18-13)19-14-11(2)20(3)21(15(14)22)12-8-6-5-7-9-12;/h5-10H,4H2,1-3H3,(H,18,19);1H. The van der Waals surface area contributed by atoms with Crippen molar-refractivity contribution in [2.45, 2.75) is 13.8 Å². The Morgan fingerprint density at radius 2 is 2.00 bits per heavy atom. The minimum absolute atomic E-state index is 0. The molecule has 0 fully saturated rings. The molecule has 1 N–H and O–H groups in total. The third-order valence-electron chi connectivity index (χ3n) is 3.77. The van der Waals surface area contributed by atoms with Gasteiger partial charge in [0.2, 0.25) is 0 Å². The predicted molar refractivity (Wildman–Crippen MR) is 107 cm³/mol. The van der Waals surface area contributed by atoms with Crippen LogP contribution in [-0.2, 0) is 11.8 Å². The number of para-hydroxylation sites is 1. The van der Waals surface area contributed by atoms with E-state index in [2.05, 4.69) is 10.3 Å². The van der Waals surface area contributed by atoms with Gasteiger partial charge in [0.05, 0.1) is 18.0 Å². The first-order valence-corrected chi connectivity index (χ1v) is 8.64. The fourth-order valence-corrected chi connectivity index (χ4v) is 3.13. The Hall–Kier alpha value is -2.39. The van der Waals surface area contributed by atoms with Crippen molar-refractivity contribution in [2.75, 3.05) is 11.9 Å².